The molecule has 0 atom stereocenters. The van der Waals surface area contributed by atoms with Crippen LogP contribution in [0.4, 0.5) is 0 Å². The van der Waals surface area contributed by atoms with Gasteiger partial charge in [-0.2, -0.15) is 0 Å². The third kappa shape index (κ3) is 1.84. The van der Waals surface area contributed by atoms with Crippen LogP contribution in [0.25, 0.3) is 21.9 Å². The molecule has 2 aromatic carbocycles. The molecule has 0 amide bonds. The van der Waals surface area contributed by atoms with Gasteiger partial charge in [0.05, 0.1) is 19.6 Å². The molecule has 0 aliphatic heterocycles. The van der Waals surface area contributed by atoms with Crippen molar-refractivity contribution in [3.05, 3.63) is 34.5 Å². The maximum atomic E-state index is 12.5. The van der Waals surface area contributed by atoms with E-state index >= 15 is 0 Å². The largest absolute Gasteiger partial charge is 0.508 e. The van der Waals surface area contributed by atoms with Crippen LogP contribution >= 0.6 is 0 Å². The van der Waals surface area contributed by atoms with E-state index in [0.29, 0.717) is 0 Å². The monoisotopic (exact) mass is 288 g/mol. The summed E-state index contributed by atoms with van der Waals surface area (Å²) in [5, 5.41) is 19.7. The maximum absolute atomic E-state index is 12.5. The third-order valence-electron chi connectivity index (χ3n) is 3.25. The van der Waals surface area contributed by atoms with Gasteiger partial charge in [0.1, 0.15) is 22.5 Å². The van der Waals surface area contributed by atoms with Crippen LogP contribution < -0.4 is 14.9 Å². The van der Waals surface area contributed by atoms with Gasteiger partial charge in [-0.05, 0) is 18.2 Å². The fourth-order valence-electron chi connectivity index (χ4n) is 2.29. The van der Waals surface area contributed by atoms with E-state index in [4.69, 9.17) is 13.9 Å². The number of hydrogen-bond donors (Lipinski definition) is 2. The van der Waals surface area contributed by atoms with Gasteiger partial charge in [0, 0.05) is 6.07 Å². The Morgan fingerprint density at radius 3 is 2.52 bits per heavy atom. The third-order valence-corrected chi connectivity index (χ3v) is 3.25. The topological polar surface area (TPSA) is 89.1 Å². The number of phenolic OH excluding ortho intramolecular Hbond substituents is 2. The Morgan fingerprint density at radius 2 is 1.86 bits per heavy atom. The average Bonchev–Trinajstić information content (AvgIpc) is 2.47. The molecule has 3 aromatic rings. The Labute approximate surface area is 118 Å². The van der Waals surface area contributed by atoms with E-state index in [2.05, 4.69) is 0 Å². The summed E-state index contributed by atoms with van der Waals surface area (Å²) in [5.74, 6) is 0.136. The van der Waals surface area contributed by atoms with Crippen molar-refractivity contribution >= 4 is 21.9 Å². The van der Waals surface area contributed by atoms with Gasteiger partial charge in [0.2, 0.25) is 11.2 Å². The fraction of sp³-hybridized carbons (Fsp3) is 0.133. The minimum atomic E-state index is -0.458. The van der Waals surface area contributed by atoms with E-state index in [1.54, 1.807) is 0 Å². The first kappa shape index (κ1) is 13.1. The highest BCUT2D eigenvalue weighted by Crippen LogP contribution is 2.40. The molecule has 6 nitrogen and oxygen atoms in total. The molecule has 0 bridgehead atoms. The lowest BCUT2D eigenvalue weighted by Crippen LogP contribution is -2.04. The van der Waals surface area contributed by atoms with Crippen LogP contribution in [0.3, 0.4) is 0 Å². The first-order chi connectivity index (χ1) is 10.1. The molecule has 2 N–H and O–H groups in total. The number of ether oxygens (including phenoxy) is 2. The molecule has 0 spiro atoms. The molecule has 108 valence electrons. The molecule has 3 rings (SSSR count). The molecule has 0 fully saturated rings. The Bertz CT molecular complexity index is 910. The van der Waals surface area contributed by atoms with Crippen molar-refractivity contribution < 1.29 is 24.1 Å². The van der Waals surface area contributed by atoms with Crippen LogP contribution in [0.15, 0.2) is 33.5 Å². The molecule has 0 saturated heterocycles. The zero-order valence-electron chi connectivity index (χ0n) is 11.3. The predicted molar refractivity (Wildman–Crippen MR) is 76.4 cm³/mol. The van der Waals surface area contributed by atoms with E-state index in [1.807, 2.05) is 0 Å². The standard InChI is InChI=1S/C15H12O6/c1-19-11-6-9(17)12-13(18)8-5-7(16)3-4-10(8)21-15(12)14(11)20-2/h3-6,16-17H,1-2H3. The number of hydrogen-bond acceptors (Lipinski definition) is 6. The van der Waals surface area contributed by atoms with Gasteiger partial charge in [-0.1, -0.05) is 0 Å². The zero-order valence-corrected chi connectivity index (χ0v) is 11.3. The second-order valence-corrected chi connectivity index (χ2v) is 4.45. The molecule has 1 heterocycles. The maximum Gasteiger partial charge on any atom is 0.205 e. The molecule has 6 heteroatoms. The van der Waals surface area contributed by atoms with Crippen molar-refractivity contribution in [3.63, 3.8) is 0 Å². The Kier molecular flexibility index (Phi) is 2.86. The normalized spacial score (nSPS) is 11.0. The number of phenols is 2. The molecular formula is C15H12O6. The second-order valence-electron chi connectivity index (χ2n) is 4.45. The van der Waals surface area contributed by atoms with Crippen LogP contribution in [-0.4, -0.2) is 24.4 Å². The van der Waals surface area contributed by atoms with E-state index in [1.165, 1.54) is 38.5 Å². The smallest absolute Gasteiger partial charge is 0.205 e. The van der Waals surface area contributed by atoms with E-state index in [-0.39, 0.29) is 44.9 Å². The highest BCUT2D eigenvalue weighted by molar-refractivity contribution is 5.97. The van der Waals surface area contributed by atoms with Crippen LogP contribution in [0.5, 0.6) is 23.0 Å². The number of methoxy groups -OCH3 is 2. The SMILES string of the molecule is COc1cc(O)c2c(=O)c3cc(O)ccc3oc2c1OC. The highest BCUT2D eigenvalue weighted by atomic mass is 16.5. The van der Waals surface area contributed by atoms with Gasteiger partial charge >= 0.3 is 0 Å². The highest BCUT2D eigenvalue weighted by Gasteiger charge is 2.20. The van der Waals surface area contributed by atoms with Gasteiger partial charge in [-0.3, -0.25) is 4.79 Å². The summed E-state index contributed by atoms with van der Waals surface area (Å²) >= 11 is 0. The summed E-state index contributed by atoms with van der Waals surface area (Å²) in [6.45, 7) is 0. The number of fused-ring (bicyclic) bond motifs is 2. The lowest BCUT2D eigenvalue weighted by molar-refractivity contribution is 0.351. The summed E-state index contributed by atoms with van der Waals surface area (Å²) < 4.78 is 16.0. The van der Waals surface area contributed by atoms with Gasteiger partial charge < -0.3 is 24.1 Å². The predicted octanol–water partition coefficient (Wildman–Crippen LogP) is 2.37. The van der Waals surface area contributed by atoms with Crippen molar-refractivity contribution in [2.75, 3.05) is 14.2 Å². The van der Waals surface area contributed by atoms with Crippen molar-refractivity contribution in [3.8, 4) is 23.0 Å². The van der Waals surface area contributed by atoms with Crippen molar-refractivity contribution in [1.82, 2.24) is 0 Å². The van der Waals surface area contributed by atoms with E-state index in [0.717, 1.165) is 0 Å². The number of aromatic hydroxyl groups is 2. The number of rotatable bonds is 2. The first-order valence-corrected chi connectivity index (χ1v) is 6.10. The Morgan fingerprint density at radius 1 is 1.10 bits per heavy atom. The molecule has 0 aliphatic carbocycles. The summed E-state index contributed by atoms with van der Waals surface area (Å²) in [5.41, 5.74) is -0.0885. The number of benzene rings is 2. The van der Waals surface area contributed by atoms with Crippen LogP contribution in [0.1, 0.15) is 0 Å². The van der Waals surface area contributed by atoms with Crippen LogP contribution in [0.2, 0.25) is 0 Å². The van der Waals surface area contributed by atoms with E-state index < -0.39 is 5.43 Å². The summed E-state index contributed by atoms with van der Waals surface area (Å²) in [4.78, 5) is 12.5. The van der Waals surface area contributed by atoms with Gasteiger partial charge in [-0.15, -0.1) is 0 Å². The quantitative estimate of drug-likeness (QED) is 0.704. The Hall–Kier alpha value is -2.89. The molecule has 0 saturated carbocycles. The first-order valence-electron chi connectivity index (χ1n) is 6.10. The molecule has 0 unspecified atom stereocenters. The van der Waals surface area contributed by atoms with Gasteiger partial charge in [-0.25, -0.2) is 0 Å². The Balaban J connectivity index is 2.59. The van der Waals surface area contributed by atoms with E-state index in [9.17, 15) is 15.0 Å². The van der Waals surface area contributed by atoms with Gasteiger partial charge in [0.15, 0.2) is 11.3 Å². The molecule has 21 heavy (non-hydrogen) atoms. The molecule has 0 aliphatic rings. The molecule has 1 aromatic heterocycles. The summed E-state index contributed by atoms with van der Waals surface area (Å²) in [6, 6.07) is 5.45. The van der Waals surface area contributed by atoms with Crippen LogP contribution in [0, 0.1) is 0 Å². The van der Waals surface area contributed by atoms with Crippen LogP contribution in [-0.2, 0) is 0 Å². The average molecular weight is 288 g/mol. The lowest BCUT2D eigenvalue weighted by atomic mass is 10.1. The van der Waals surface area contributed by atoms with Crippen molar-refractivity contribution in [2.24, 2.45) is 0 Å². The lowest BCUT2D eigenvalue weighted by Gasteiger charge is -2.11. The minimum Gasteiger partial charge on any atom is -0.508 e. The van der Waals surface area contributed by atoms with Crippen molar-refractivity contribution in [1.29, 1.82) is 0 Å². The van der Waals surface area contributed by atoms with Gasteiger partial charge in [0.25, 0.3) is 0 Å². The summed E-state index contributed by atoms with van der Waals surface area (Å²) in [7, 11) is 2.83. The second kappa shape index (κ2) is 4.59. The fourth-order valence-corrected chi connectivity index (χ4v) is 2.29. The minimum absolute atomic E-state index is 0.0225. The van der Waals surface area contributed by atoms with Crippen molar-refractivity contribution in [2.45, 2.75) is 0 Å². The molecular weight excluding hydrogens is 276 g/mol. The molecule has 0 radical (unpaired) electrons. The summed E-state index contributed by atoms with van der Waals surface area (Å²) in [6.07, 6.45) is 0. The zero-order chi connectivity index (χ0) is 15.1.